The van der Waals surface area contributed by atoms with Crippen molar-refractivity contribution in [2.24, 2.45) is 11.8 Å². The molecule has 200 valence electrons. The fourth-order valence-electron chi connectivity index (χ4n) is 6.44. The highest BCUT2D eigenvalue weighted by Gasteiger charge is 2.44. The van der Waals surface area contributed by atoms with Gasteiger partial charge in [-0.3, -0.25) is 0 Å². The third-order valence-electron chi connectivity index (χ3n) is 8.56. The maximum Gasteiger partial charge on any atom is 0.152 e. The topological polar surface area (TPSA) is 111 Å². The zero-order valence-electron chi connectivity index (χ0n) is 21.5. The smallest absolute Gasteiger partial charge is 0.152 e. The van der Waals surface area contributed by atoms with Crippen LogP contribution in [0.5, 0.6) is 5.75 Å². The Hall–Kier alpha value is -2.43. The molecular formula is C27H37N5O4S. The quantitative estimate of drug-likeness (QED) is 0.581. The average molecular weight is 528 g/mol. The van der Waals surface area contributed by atoms with Crippen LogP contribution in [0.15, 0.2) is 30.6 Å². The molecule has 3 fully saturated rings. The molecule has 3 aliphatic heterocycles. The number of ether oxygens (including phenoxy) is 2. The zero-order valence-corrected chi connectivity index (χ0v) is 22.3. The van der Waals surface area contributed by atoms with Gasteiger partial charge in [-0.25, -0.2) is 18.4 Å². The predicted octanol–water partition coefficient (Wildman–Crippen LogP) is 3.00. The van der Waals surface area contributed by atoms with Crippen molar-refractivity contribution >= 4 is 27.0 Å². The maximum atomic E-state index is 11.7. The van der Waals surface area contributed by atoms with Crippen molar-refractivity contribution < 1.29 is 17.9 Å². The molecular weight excluding hydrogens is 490 g/mol. The van der Waals surface area contributed by atoms with E-state index in [0.29, 0.717) is 60.9 Å². The van der Waals surface area contributed by atoms with Gasteiger partial charge in [-0.1, -0.05) is 6.07 Å². The second kappa shape index (κ2) is 10.0. The summed E-state index contributed by atoms with van der Waals surface area (Å²) in [5, 5.41) is 0. The van der Waals surface area contributed by atoms with E-state index in [1.165, 1.54) is 0 Å². The van der Waals surface area contributed by atoms with E-state index >= 15 is 0 Å². The SMILES string of the molecule is C[C@@H]1CC[C@H](COc2cccc(N3CC(C4CC(CN5CCS(=O)(=O)CC5)C4)c4ncnc(N)c43)c2)O1. The van der Waals surface area contributed by atoms with Gasteiger partial charge in [0, 0.05) is 43.9 Å². The first-order chi connectivity index (χ1) is 17.8. The Bertz CT molecular complexity index is 1220. The Balaban J connectivity index is 1.12. The van der Waals surface area contributed by atoms with Crippen LogP contribution in [0.2, 0.25) is 0 Å². The summed E-state index contributed by atoms with van der Waals surface area (Å²) in [4.78, 5) is 13.6. The lowest BCUT2D eigenvalue weighted by Gasteiger charge is -2.42. The Morgan fingerprint density at radius 3 is 2.73 bits per heavy atom. The minimum atomic E-state index is -2.84. The first-order valence-corrected chi connectivity index (χ1v) is 15.4. The number of hydrogen-bond donors (Lipinski definition) is 1. The monoisotopic (exact) mass is 527 g/mol. The zero-order chi connectivity index (χ0) is 25.6. The first-order valence-electron chi connectivity index (χ1n) is 13.5. The number of anilines is 3. The van der Waals surface area contributed by atoms with Gasteiger partial charge in [0.1, 0.15) is 24.4 Å². The van der Waals surface area contributed by atoms with Crippen molar-refractivity contribution in [2.75, 3.05) is 54.9 Å². The van der Waals surface area contributed by atoms with Gasteiger partial charge in [0.15, 0.2) is 15.7 Å². The van der Waals surface area contributed by atoms with Gasteiger partial charge in [0.05, 0.1) is 29.4 Å². The summed E-state index contributed by atoms with van der Waals surface area (Å²) in [5.41, 5.74) is 9.39. The lowest BCUT2D eigenvalue weighted by Crippen LogP contribution is -2.45. The van der Waals surface area contributed by atoms with Crippen LogP contribution < -0.4 is 15.4 Å². The van der Waals surface area contributed by atoms with Gasteiger partial charge in [0.2, 0.25) is 0 Å². The molecule has 10 heteroatoms. The van der Waals surface area contributed by atoms with Crippen LogP contribution in [0.3, 0.4) is 0 Å². The van der Waals surface area contributed by atoms with E-state index < -0.39 is 9.84 Å². The first kappa shape index (κ1) is 24.9. The fourth-order valence-corrected chi connectivity index (χ4v) is 7.71. The van der Waals surface area contributed by atoms with Crippen molar-refractivity contribution in [3.05, 3.63) is 36.3 Å². The number of aromatic nitrogens is 2. The molecule has 6 rings (SSSR count). The standard InChI is InChI=1S/C27H37N5O4S/c1-18-5-6-23(36-18)16-35-22-4-2-3-21(13-22)32-15-24(25-26(32)27(28)30-17-29-25)20-11-19(12-20)14-31-7-9-37(33,34)10-8-31/h2-4,13,17-20,23-24H,5-12,14-16H2,1H3,(H2,28,29,30)/t18-,19?,20?,23-,24?/m1/s1. The summed E-state index contributed by atoms with van der Waals surface area (Å²) >= 11 is 0. The second-order valence-corrected chi connectivity index (χ2v) is 13.5. The lowest BCUT2D eigenvalue weighted by molar-refractivity contribution is 0.0265. The van der Waals surface area contributed by atoms with Crippen molar-refractivity contribution in [2.45, 2.75) is 50.7 Å². The van der Waals surface area contributed by atoms with Gasteiger partial charge in [0.25, 0.3) is 0 Å². The van der Waals surface area contributed by atoms with Crippen LogP contribution in [0.4, 0.5) is 17.2 Å². The van der Waals surface area contributed by atoms with E-state index in [1.54, 1.807) is 6.33 Å². The Morgan fingerprint density at radius 2 is 1.97 bits per heavy atom. The molecule has 1 unspecified atom stereocenters. The summed E-state index contributed by atoms with van der Waals surface area (Å²) in [6.07, 6.45) is 6.43. The summed E-state index contributed by atoms with van der Waals surface area (Å²) in [6.45, 7) is 5.81. The Kier molecular flexibility index (Phi) is 6.75. The molecule has 9 nitrogen and oxygen atoms in total. The Labute approximate surface area is 219 Å². The molecule has 2 saturated heterocycles. The predicted molar refractivity (Wildman–Crippen MR) is 143 cm³/mol. The maximum absolute atomic E-state index is 11.7. The van der Waals surface area contributed by atoms with Crippen LogP contribution in [-0.4, -0.2) is 79.8 Å². The minimum absolute atomic E-state index is 0.153. The highest BCUT2D eigenvalue weighted by Crippen LogP contribution is 2.52. The van der Waals surface area contributed by atoms with E-state index in [9.17, 15) is 8.42 Å². The molecule has 37 heavy (non-hydrogen) atoms. The normalized spacial score (nSPS) is 31.2. The molecule has 1 aromatic heterocycles. The van der Waals surface area contributed by atoms with Crippen molar-refractivity contribution in [1.82, 2.24) is 14.9 Å². The van der Waals surface area contributed by atoms with Gasteiger partial charge >= 0.3 is 0 Å². The molecule has 0 bridgehead atoms. The molecule has 1 aliphatic carbocycles. The number of nitrogen functional groups attached to an aromatic ring is 1. The van der Waals surface area contributed by atoms with Crippen molar-refractivity contribution in [3.63, 3.8) is 0 Å². The number of fused-ring (bicyclic) bond motifs is 1. The molecule has 1 aromatic carbocycles. The number of nitrogens with zero attached hydrogens (tertiary/aromatic N) is 4. The number of benzene rings is 1. The van der Waals surface area contributed by atoms with Gasteiger partial charge in [-0.15, -0.1) is 0 Å². The van der Waals surface area contributed by atoms with Crippen LogP contribution >= 0.6 is 0 Å². The Morgan fingerprint density at radius 1 is 1.16 bits per heavy atom. The summed E-state index contributed by atoms with van der Waals surface area (Å²) < 4.78 is 35.5. The lowest BCUT2D eigenvalue weighted by atomic mass is 9.68. The van der Waals surface area contributed by atoms with Gasteiger partial charge in [-0.05, 0) is 56.6 Å². The number of rotatable bonds is 7. The van der Waals surface area contributed by atoms with E-state index in [2.05, 4.69) is 33.8 Å². The summed E-state index contributed by atoms with van der Waals surface area (Å²) in [7, 11) is -2.84. The number of hydrogen-bond acceptors (Lipinski definition) is 9. The molecule has 2 N–H and O–H groups in total. The highest BCUT2D eigenvalue weighted by molar-refractivity contribution is 7.91. The molecule has 0 radical (unpaired) electrons. The fraction of sp³-hybridized carbons (Fsp3) is 0.630. The molecule has 4 heterocycles. The van der Waals surface area contributed by atoms with Gasteiger partial charge < -0.3 is 25.0 Å². The number of nitrogens with two attached hydrogens (primary N) is 1. The second-order valence-electron chi connectivity index (χ2n) is 11.2. The van der Waals surface area contributed by atoms with Crippen LogP contribution in [-0.2, 0) is 14.6 Å². The van der Waals surface area contributed by atoms with Crippen LogP contribution in [0.1, 0.15) is 44.2 Å². The van der Waals surface area contributed by atoms with Crippen LogP contribution in [0.25, 0.3) is 0 Å². The van der Waals surface area contributed by atoms with E-state index in [4.69, 9.17) is 20.2 Å². The van der Waals surface area contributed by atoms with Gasteiger partial charge in [-0.2, -0.15) is 0 Å². The van der Waals surface area contributed by atoms with E-state index in [0.717, 1.165) is 61.6 Å². The van der Waals surface area contributed by atoms with Crippen molar-refractivity contribution in [1.29, 1.82) is 0 Å². The van der Waals surface area contributed by atoms with E-state index in [-0.39, 0.29) is 6.10 Å². The molecule has 0 spiro atoms. The van der Waals surface area contributed by atoms with Crippen molar-refractivity contribution in [3.8, 4) is 5.75 Å². The summed E-state index contributed by atoms with van der Waals surface area (Å²) in [5.74, 6) is 3.37. The molecule has 4 aliphatic rings. The molecule has 2 aromatic rings. The summed E-state index contributed by atoms with van der Waals surface area (Å²) in [6, 6.07) is 8.18. The van der Waals surface area contributed by atoms with Crippen LogP contribution in [0, 0.1) is 11.8 Å². The molecule has 0 amide bonds. The highest BCUT2D eigenvalue weighted by atomic mass is 32.2. The third kappa shape index (κ3) is 5.28. The third-order valence-corrected chi connectivity index (χ3v) is 10.2. The average Bonchev–Trinajstić information content (AvgIpc) is 3.45. The number of sulfone groups is 1. The van der Waals surface area contributed by atoms with E-state index in [1.807, 2.05) is 12.1 Å². The molecule has 3 atom stereocenters. The minimum Gasteiger partial charge on any atom is -0.491 e. The molecule has 1 saturated carbocycles. The largest absolute Gasteiger partial charge is 0.491 e.